The molecule has 0 atom stereocenters. The lowest BCUT2D eigenvalue weighted by Gasteiger charge is -2.27. The standard InChI is InChI=1S/C25H29N3O4/c1-2-32-21-11-9-20(10-12-21)26-23-22(19-7-4-3-5-8-19)24(29)28(25(23)30)14-6-13-27-15-17-31-18-16-27/h3-5,7-12,26H,2,6,13-18H2,1H3. The second kappa shape index (κ2) is 10.4. The summed E-state index contributed by atoms with van der Waals surface area (Å²) in [5, 5.41) is 3.19. The average molecular weight is 436 g/mol. The van der Waals surface area contributed by atoms with E-state index in [9.17, 15) is 9.59 Å². The first-order valence-electron chi connectivity index (χ1n) is 11.1. The lowest BCUT2D eigenvalue weighted by atomic mass is 10.0. The highest BCUT2D eigenvalue weighted by Gasteiger charge is 2.38. The summed E-state index contributed by atoms with van der Waals surface area (Å²) >= 11 is 0. The summed E-state index contributed by atoms with van der Waals surface area (Å²) in [6.45, 7) is 6.99. The van der Waals surface area contributed by atoms with Crippen molar-refractivity contribution in [2.45, 2.75) is 13.3 Å². The molecule has 1 N–H and O–H groups in total. The van der Waals surface area contributed by atoms with E-state index in [1.807, 2.05) is 61.5 Å². The summed E-state index contributed by atoms with van der Waals surface area (Å²) in [4.78, 5) is 30.2. The van der Waals surface area contributed by atoms with Crippen molar-refractivity contribution in [1.82, 2.24) is 9.80 Å². The predicted octanol–water partition coefficient (Wildman–Crippen LogP) is 3.00. The summed E-state index contributed by atoms with van der Waals surface area (Å²) in [7, 11) is 0. The van der Waals surface area contributed by atoms with Gasteiger partial charge in [-0.05, 0) is 43.2 Å². The number of anilines is 1. The summed E-state index contributed by atoms with van der Waals surface area (Å²) in [6, 6.07) is 16.7. The van der Waals surface area contributed by atoms with E-state index in [1.54, 1.807) is 0 Å². The van der Waals surface area contributed by atoms with Crippen LogP contribution in [0.4, 0.5) is 5.69 Å². The maximum atomic E-state index is 13.3. The molecule has 2 heterocycles. The fraction of sp³-hybridized carbons (Fsp3) is 0.360. The Morgan fingerprint density at radius 2 is 1.66 bits per heavy atom. The summed E-state index contributed by atoms with van der Waals surface area (Å²) in [5.74, 6) is 0.218. The zero-order valence-electron chi connectivity index (χ0n) is 18.4. The normalized spacial score (nSPS) is 17.2. The Bertz CT molecular complexity index is 966. The van der Waals surface area contributed by atoms with Gasteiger partial charge in [0.15, 0.2) is 0 Å². The molecule has 7 heteroatoms. The highest BCUT2D eigenvalue weighted by atomic mass is 16.5. The van der Waals surface area contributed by atoms with Crippen LogP contribution in [0.3, 0.4) is 0 Å². The number of morpholine rings is 1. The number of nitrogens with one attached hydrogen (secondary N) is 1. The minimum absolute atomic E-state index is 0.253. The first-order chi connectivity index (χ1) is 15.7. The van der Waals surface area contributed by atoms with Crippen LogP contribution >= 0.6 is 0 Å². The molecule has 32 heavy (non-hydrogen) atoms. The molecule has 2 aromatic rings. The van der Waals surface area contributed by atoms with E-state index in [2.05, 4.69) is 10.2 Å². The number of hydrogen-bond acceptors (Lipinski definition) is 6. The Morgan fingerprint density at radius 3 is 2.34 bits per heavy atom. The van der Waals surface area contributed by atoms with Crippen molar-refractivity contribution >= 4 is 23.1 Å². The molecule has 168 valence electrons. The lowest BCUT2D eigenvalue weighted by molar-refractivity contribution is -0.136. The minimum atomic E-state index is -0.287. The molecule has 2 amide bonds. The average Bonchev–Trinajstić information content (AvgIpc) is 3.06. The monoisotopic (exact) mass is 435 g/mol. The molecule has 0 saturated carbocycles. The van der Waals surface area contributed by atoms with E-state index >= 15 is 0 Å². The highest BCUT2D eigenvalue weighted by Crippen LogP contribution is 2.31. The van der Waals surface area contributed by atoms with Crippen LogP contribution in [0.5, 0.6) is 5.75 Å². The summed E-state index contributed by atoms with van der Waals surface area (Å²) in [5.41, 5.74) is 2.19. The molecule has 0 aliphatic carbocycles. The van der Waals surface area contributed by atoms with Crippen LogP contribution in [0.1, 0.15) is 18.9 Å². The van der Waals surface area contributed by atoms with Gasteiger partial charge in [-0.3, -0.25) is 19.4 Å². The fourth-order valence-corrected chi connectivity index (χ4v) is 3.99. The van der Waals surface area contributed by atoms with Crippen LogP contribution in [-0.4, -0.2) is 67.6 Å². The first kappa shape index (κ1) is 22.0. The Morgan fingerprint density at radius 1 is 0.938 bits per heavy atom. The van der Waals surface area contributed by atoms with Crippen LogP contribution in [0.15, 0.2) is 60.3 Å². The number of benzene rings is 2. The Hall–Kier alpha value is -3.16. The molecule has 7 nitrogen and oxygen atoms in total. The van der Waals surface area contributed by atoms with Gasteiger partial charge < -0.3 is 14.8 Å². The van der Waals surface area contributed by atoms with Crippen LogP contribution < -0.4 is 10.1 Å². The molecule has 0 bridgehead atoms. The van der Waals surface area contributed by atoms with Gasteiger partial charge in [0.2, 0.25) is 0 Å². The van der Waals surface area contributed by atoms with Crippen molar-refractivity contribution in [3.8, 4) is 5.75 Å². The van der Waals surface area contributed by atoms with Gasteiger partial charge in [-0.25, -0.2) is 0 Å². The van der Waals surface area contributed by atoms with E-state index in [4.69, 9.17) is 9.47 Å². The molecule has 0 spiro atoms. The molecule has 1 saturated heterocycles. The first-order valence-corrected chi connectivity index (χ1v) is 11.1. The van der Waals surface area contributed by atoms with Crippen molar-refractivity contribution < 1.29 is 19.1 Å². The van der Waals surface area contributed by atoms with Gasteiger partial charge >= 0.3 is 0 Å². The highest BCUT2D eigenvalue weighted by molar-refractivity contribution is 6.36. The van der Waals surface area contributed by atoms with E-state index in [1.165, 1.54) is 4.90 Å². The smallest absolute Gasteiger partial charge is 0.278 e. The van der Waals surface area contributed by atoms with Gasteiger partial charge in [0.1, 0.15) is 11.4 Å². The second-order valence-electron chi connectivity index (χ2n) is 7.77. The van der Waals surface area contributed by atoms with Gasteiger partial charge in [0.05, 0.1) is 25.4 Å². The van der Waals surface area contributed by atoms with Gasteiger partial charge in [-0.2, -0.15) is 0 Å². The summed E-state index contributed by atoms with van der Waals surface area (Å²) in [6.07, 6.45) is 0.732. The number of nitrogens with zero attached hydrogens (tertiary/aromatic N) is 2. The molecule has 0 unspecified atom stereocenters. The van der Waals surface area contributed by atoms with Crippen molar-refractivity contribution in [3.05, 3.63) is 65.9 Å². The third-order valence-corrected chi connectivity index (χ3v) is 5.62. The zero-order valence-corrected chi connectivity index (χ0v) is 18.4. The topological polar surface area (TPSA) is 71.1 Å². The van der Waals surface area contributed by atoms with Crippen molar-refractivity contribution in [3.63, 3.8) is 0 Å². The van der Waals surface area contributed by atoms with Crippen molar-refractivity contribution in [1.29, 1.82) is 0 Å². The zero-order chi connectivity index (χ0) is 22.3. The number of imide groups is 1. The van der Waals surface area contributed by atoms with Gasteiger partial charge in [-0.15, -0.1) is 0 Å². The quantitative estimate of drug-likeness (QED) is 0.611. The number of amides is 2. The third kappa shape index (κ3) is 5.00. The number of ether oxygens (including phenoxy) is 2. The molecular formula is C25H29N3O4. The number of rotatable bonds is 9. The minimum Gasteiger partial charge on any atom is -0.494 e. The van der Waals surface area contributed by atoms with Gasteiger partial charge in [-0.1, -0.05) is 30.3 Å². The van der Waals surface area contributed by atoms with E-state index in [0.29, 0.717) is 24.4 Å². The van der Waals surface area contributed by atoms with E-state index in [-0.39, 0.29) is 11.8 Å². The number of hydrogen-bond donors (Lipinski definition) is 1. The van der Waals surface area contributed by atoms with Gasteiger partial charge in [0.25, 0.3) is 11.8 Å². The van der Waals surface area contributed by atoms with E-state index < -0.39 is 0 Å². The molecular weight excluding hydrogens is 406 g/mol. The third-order valence-electron chi connectivity index (χ3n) is 5.62. The molecule has 0 aromatic heterocycles. The van der Waals surface area contributed by atoms with Crippen LogP contribution in [0.25, 0.3) is 5.57 Å². The maximum Gasteiger partial charge on any atom is 0.278 e. The Kier molecular flexibility index (Phi) is 7.19. The molecule has 0 radical (unpaired) electrons. The van der Waals surface area contributed by atoms with Crippen LogP contribution in [0, 0.1) is 0 Å². The Balaban J connectivity index is 1.52. The fourth-order valence-electron chi connectivity index (χ4n) is 3.99. The largest absolute Gasteiger partial charge is 0.494 e. The summed E-state index contributed by atoms with van der Waals surface area (Å²) < 4.78 is 10.9. The van der Waals surface area contributed by atoms with Crippen molar-refractivity contribution in [2.24, 2.45) is 0 Å². The number of carbonyl (C=O) groups is 2. The van der Waals surface area contributed by atoms with E-state index in [0.717, 1.165) is 56.3 Å². The maximum absolute atomic E-state index is 13.3. The Labute approximate surface area is 188 Å². The predicted molar refractivity (Wildman–Crippen MR) is 123 cm³/mol. The molecule has 2 aromatic carbocycles. The second-order valence-corrected chi connectivity index (χ2v) is 7.77. The molecule has 2 aliphatic heterocycles. The molecule has 4 rings (SSSR count). The van der Waals surface area contributed by atoms with Crippen molar-refractivity contribution in [2.75, 3.05) is 51.3 Å². The van der Waals surface area contributed by atoms with Crippen LogP contribution in [-0.2, 0) is 14.3 Å². The molecule has 2 aliphatic rings. The lowest BCUT2D eigenvalue weighted by Crippen LogP contribution is -2.39. The number of carbonyl (C=O) groups excluding carboxylic acids is 2. The van der Waals surface area contributed by atoms with Crippen LogP contribution in [0.2, 0.25) is 0 Å². The van der Waals surface area contributed by atoms with Gasteiger partial charge in [0, 0.05) is 31.9 Å². The molecule has 1 fully saturated rings. The SMILES string of the molecule is CCOc1ccc(NC2=C(c3ccccc3)C(=O)N(CCCN3CCOCC3)C2=O)cc1.